The van der Waals surface area contributed by atoms with Crippen LogP contribution in [0.15, 0.2) is 12.1 Å². The second kappa shape index (κ2) is 4.45. The number of hydrogen-bond acceptors (Lipinski definition) is 3. The highest BCUT2D eigenvalue weighted by Crippen LogP contribution is 2.16. The fraction of sp³-hybridized carbons (Fsp3) is 0.182. The van der Waals surface area contributed by atoms with E-state index in [2.05, 4.69) is 5.32 Å². The molecule has 0 aliphatic heterocycles. The lowest BCUT2D eigenvalue weighted by Crippen LogP contribution is -2.24. The molecule has 0 unspecified atom stereocenters. The minimum absolute atomic E-state index is 0.131. The average Bonchev–Trinajstić information content (AvgIpc) is 2.26. The van der Waals surface area contributed by atoms with Gasteiger partial charge in [-0.1, -0.05) is 0 Å². The Morgan fingerprint density at radius 3 is 2.50 bits per heavy atom. The molecular formula is C11H11N3O2. The van der Waals surface area contributed by atoms with Crippen LogP contribution >= 0.6 is 0 Å². The summed E-state index contributed by atoms with van der Waals surface area (Å²) in [6, 6.07) is 4.79. The zero-order chi connectivity index (χ0) is 12.3. The monoisotopic (exact) mass is 217 g/mol. The van der Waals surface area contributed by atoms with Crippen LogP contribution in [0, 0.1) is 18.3 Å². The van der Waals surface area contributed by atoms with Crippen molar-refractivity contribution in [2.75, 3.05) is 7.05 Å². The van der Waals surface area contributed by atoms with E-state index in [9.17, 15) is 9.59 Å². The summed E-state index contributed by atoms with van der Waals surface area (Å²) in [6.45, 7) is 1.63. The van der Waals surface area contributed by atoms with Gasteiger partial charge in [-0.15, -0.1) is 0 Å². The second-order valence-corrected chi connectivity index (χ2v) is 3.27. The molecule has 1 aromatic carbocycles. The first-order chi connectivity index (χ1) is 7.51. The molecule has 0 bridgehead atoms. The third kappa shape index (κ3) is 2.01. The topological polar surface area (TPSA) is 96.0 Å². The van der Waals surface area contributed by atoms with E-state index in [1.165, 1.54) is 19.2 Å². The molecule has 0 aliphatic rings. The van der Waals surface area contributed by atoms with E-state index in [0.717, 1.165) is 0 Å². The minimum Gasteiger partial charge on any atom is -0.366 e. The Labute approximate surface area is 92.9 Å². The van der Waals surface area contributed by atoms with Crippen molar-refractivity contribution in [3.8, 4) is 6.07 Å². The summed E-state index contributed by atoms with van der Waals surface area (Å²) in [5, 5.41) is 11.2. The van der Waals surface area contributed by atoms with Crippen LogP contribution in [0.5, 0.6) is 0 Å². The van der Waals surface area contributed by atoms with Crippen molar-refractivity contribution in [2.24, 2.45) is 5.73 Å². The largest absolute Gasteiger partial charge is 0.366 e. The smallest absolute Gasteiger partial charge is 0.251 e. The van der Waals surface area contributed by atoms with E-state index in [0.29, 0.717) is 11.1 Å². The Kier molecular flexibility index (Phi) is 3.26. The maximum absolute atomic E-state index is 11.5. The van der Waals surface area contributed by atoms with Gasteiger partial charge in [-0.3, -0.25) is 9.59 Å². The fourth-order valence-corrected chi connectivity index (χ4v) is 1.49. The fourth-order valence-electron chi connectivity index (χ4n) is 1.49. The molecule has 0 spiro atoms. The molecule has 0 radical (unpaired) electrons. The predicted octanol–water partition coefficient (Wildman–Crippen LogP) is 0.325. The number of nitriles is 1. The van der Waals surface area contributed by atoms with Gasteiger partial charge in [0.1, 0.15) is 0 Å². The van der Waals surface area contributed by atoms with E-state index in [4.69, 9.17) is 11.0 Å². The molecular weight excluding hydrogens is 206 g/mol. The summed E-state index contributed by atoms with van der Waals surface area (Å²) >= 11 is 0. The average molecular weight is 217 g/mol. The molecule has 0 fully saturated rings. The number of nitrogens with zero attached hydrogens (tertiary/aromatic N) is 1. The highest BCUT2D eigenvalue weighted by molar-refractivity contribution is 6.07. The van der Waals surface area contributed by atoms with Crippen LogP contribution in [0.4, 0.5) is 0 Å². The molecule has 0 aromatic heterocycles. The van der Waals surface area contributed by atoms with Crippen molar-refractivity contribution in [3.05, 3.63) is 34.4 Å². The molecule has 0 saturated carbocycles. The number of rotatable bonds is 2. The van der Waals surface area contributed by atoms with Crippen molar-refractivity contribution in [1.29, 1.82) is 5.26 Å². The van der Waals surface area contributed by atoms with Crippen LogP contribution in [0.2, 0.25) is 0 Å². The van der Waals surface area contributed by atoms with Gasteiger partial charge in [0.15, 0.2) is 0 Å². The number of hydrogen-bond donors (Lipinski definition) is 2. The zero-order valence-electron chi connectivity index (χ0n) is 9.00. The van der Waals surface area contributed by atoms with Gasteiger partial charge in [0.25, 0.3) is 5.91 Å². The number of aryl methyl sites for hydroxylation is 1. The van der Waals surface area contributed by atoms with E-state index in [1.54, 1.807) is 6.92 Å². The minimum atomic E-state index is -0.680. The maximum Gasteiger partial charge on any atom is 0.251 e. The Hall–Kier alpha value is -2.35. The number of primary amides is 1. The van der Waals surface area contributed by atoms with Crippen LogP contribution in [0.25, 0.3) is 0 Å². The molecule has 2 amide bonds. The van der Waals surface area contributed by atoms with Crippen LogP contribution in [0.1, 0.15) is 31.8 Å². The normalized spacial score (nSPS) is 9.31. The first kappa shape index (κ1) is 11.7. The van der Waals surface area contributed by atoms with Crippen molar-refractivity contribution >= 4 is 11.8 Å². The summed E-state index contributed by atoms with van der Waals surface area (Å²) in [4.78, 5) is 22.8. The Morgan fingerprint density at radius 1 is 1.44 bits per heavy atom. The number of nitrogens with two attached hydrogens (primary N) is 1. The number of carbonyl (C=O) groups is 2. The summed E-state index contributed by atoms with van der Waals surface area (Å²) in [5.74, 6) is -1.12. The van der Waals surface area contributed by atoms with Gasteiger partial charge >= 0.3 is 0 Å². The van der Waals surface area contributed by atoms with Gasteiger partial charge in [-0.05, 0) is 24.6 Å². The SMILES string of the molecule is CNC(=O)c1cc(C#N)cc(C)c1C(N)=O. The third-order valence-corrected chi connectivity index (χ3v) is 2.18. The van der Waals surface area contributed by atoms with E-state index in [-0.39, 0.29) is 11.1 Å². The second-order valence-electron chi connectivity index (χ2n) is 3.27. The van der Waals surface area contributed by atoms with Crippen LogP contribution in [-0.4, -0.2) is 18.9 Å². The third-order valence-electron chi connectivity index (χ3n) is 2.18. The van der Waals surface area contributed by atoms with Crippen molar-refractivity contribution in [1.82, 2.24) is 5.32 Å². The predicted molar refractivity (Wildman–Crippen MR) is 57.8 cm³/mol. The summed E-state index contributed by atoms with van der Waals surface area (Å²) < 4.78 is 0. The molecule has 0 saturated heterocycles. The number of carbonyl (C=O) groups excluding carboxylic acids is 2. The van der Waals surface area contributed by atoms with Crippen molar-refractivity contribution in [3.63, 3.8) is 0 Å². The molecule has 3 N–H and O–H groups in total. The van der Waals surface area contributed by atoms with Crippen molar-refractivity contribution in [2.45, 2.75) is 6.92 Å². The maximum atomic E-state index is 11.5. The summed E-state index contributed by atoms with van der Waals surface area (Å²) in [7, 11) is 1.45. The standard InChI is InChI=1S/C11H11N3O2/c1-6-3-7(5-12)4-8(11(16)14-2)9(6)10(13)15/h3-4H,1-2H3,(H2,13,15)(H,14,16). The first-order valence-electron chi connectivity index (χ1n) is 4.58. The number of benzene rings is 1. The first-order valence-corrected chi connectivity index (χ1v) is 4.58. The molecule has 82 valence electrons. The molecule has 0 aliphatic carbocycles. The number of amides is 2. The summed E-state index contributed by atoms with van der Waals surface area (Å²) in [5.41, 5.74) is 6.32. The van der Waals surface area contributed by atoms with Gasteiger partial charge in [-0.25, -0.2) is 0 Å². The molecule has 16 heavy (non-hydrogen) atoms. The van der Waals surface area contributed by atoms with E-state index >= 15 is 0 Å². The van der Waals surface area contributed by atoms with Gasteiger partial charge in [-0.2, -0.15) is 5.26 Å². The van der Waals surface area contributed by atoms with Gasteiger partial charge in [0.05, 0.1) is 22.8 Å². The molecule has 5 nitrogen and oxygen atoms in total. The molecule has 0 atom stereocenters. The van der Waals surface area contributed by atoms with E-state index < -0.39 is 11.8 Å². The van der Waals surface area contributed by atoms with Crippen LogP contribution in [-0.2, 0) is 0 Å². The van der Waals surface area contributed by atoms with Gasteiger partial charge < -0.3 is 11.1 Å². The Balaban J connectivity index is 3.54. The molecule has 0 heterocycles. The quantitative estimate of drug-likeness (QED) is 0.746. The molecule has 5 heteroatoms. The Morgan fingerprint density at radius 2 is 2.06 bits per heavy atom. The zero-order valence-corrected chi connectivity index (χ0v) is 9.00. The van der Waals surface area contributed by atoms with E-state index in [1.807, 2.05) is 6.07 Å². The molecule has 1 rings (SSSR count). The highest BCUT2D eigenvalue weighted by atomic mass is 16.2. The lowest BCUT2D eigenvalue weighted by molar-refractivity contribution is 0.0943. The highest BCUT2D eigenvalue weighted by Gasteiger charge is 2.17. The van der Waals surface area contributed by atoms with Gasteiger partial charge in [0.2, 0.25) is 5.91 Å². The van der Waals surface area contributed by atoms with Gasteiger partial charge in [0, 0.05) is 7.05 Å². The van der Waals surface area contributed by atoms with Crippen LogP contribution in [0.3, 0.4) is 0 Å². The lowest BCUT2D eigenvalue weighted by Gasteiger charge is -2.09. The molecule has 1 aromatic rings. The van der Waals surface area contributed by atoms with Crippen LogP contribution < -0.4 is 11.1 Å². The summed E-state index contributed by atoms with van der Waals surface area (Å²) in [6.07, 6.45) is 0. The van der Waals surface area contributed by atoms with Crippen molar-refractivity contribution < 1.29 is 9.59 Å². The Bertz CT molecular complexity index is 501. The lowest BCUT2D eigenvalue weighted by atomic mass is 9.97. The number of nitrogens with one attached hydrogen (secondary N) is 1.